The highest BCUT2D eigenvalue weighted by atomic mass is 19.1. The van der Waals surface area contributed by atoms with Crippen LogP contribution in [0.15, 0.2) is 48.5 Å². The molecule has 0 radical (unpaired) electrons. The number of aliphatic hydroxyl groups is 1. The van der Waals surface area contributed by atoms with E-state index in [0.717, 1.165) is 17.7 Å². The Balaban J connectivity index is 1.87. The Bertz CT molecular complexity index is 645. The highest BCUT2D eigenvalue weighted by Crippen LogP contribution is 2.22. The Morgan fingerprint density at radius 3 is 2.29 bits per heavy atom. The molecule has 2 amide bonds. The lowest BCUT2D eigenvalue weighted by atomic mass is 9.93. The molecule has 0 spiro atoms. The molecule has 0 saturated heterocycles. The zero-order valence-electron chi connectivity index (χ0n) is 13.1. The number of amides is 2. The van der Waals surface area contributed by atoms with Gasteiger partial charge in [-0.2, -0.15) is 0 Å². The summed E-state index contributed by atoms with van der Waals surface area (Å²) in [4.78, 5) is 11.8. The highest BCUT2D eigenvalue weighted by Gasteiger charge is 2.13. The maximum Gasteiger partial charge on any atom is 0.319 e. The Morgan fingerprint density at radius 2 is 1.67 bits per heavy atom. The number of nitrogens with one attached hydrogen (secondary N) is 2. The number of halogens is 2. The van der Waals surface area contributed by atoms with Crippen molar-refractivity contribution in [1.29, 1.82) is 0 Å². The maximum atomic E-state index is 13.5. The van der Waals surface area contributed by atoms with Crippen LogP contribution in [0.4, 0.5) is 19.3 Å². The standard InChI is InChI=1S/C18H20F2N2O2/c19-15-7-4-8-16(20)17(15)22-18(24)21-11-9-14(10-12-23)13-5-2-1-3-6-13/h1-8,14,23H,9-12H2,(H2,21,22,24). The van der Waals surface area contributed by atoms with E-state index in [0.29, 0.717) is 19.4 Å². The molecule has 4 nitrogen and oxygen atoms in total. The van der Waals surface area contributed by atoms with Crippen molar-refractivity contribution in [2.75, 3.05) is 18.5 Å². The molecular formula is C18H20F2N2O2. The number of aliphatic hydroxyl groups excluding tert-OH is 1. The third-order valence-corrected chi connectivity index (χ3v) is 3.73. The van der Waals surface area contributed by atoms with E-state index in [-0.39, 0.29) is 12.5 Å². The van der Waals surface area contributed by atoms with Crippen LogP contribution in [-0.4, -0.2) is 24.3 Å². The van der Waals surface area contributed by atoms with E-state index < -0.39 is 23.4 Å². The van der Waals surface area contributed by atoms with Crippen LogP contribution in [0.2, 0.25) is 0 Å². The molecule has 0 saturated carbocycles. The van der Waals surface area contributed by atoms with Crippen LogP contribution >= 0.6 is 0 Å². The minimum Gasteiger partial charge on any atom is -0.396 e. The molecule has 6 heteroatoms. The predicted molar refractivity (Wildman–Crippen MR) is 88.9 cm³/mol. The molecule has 2 aromatic rings. The van der Waals surface area contributed by atoms with E-state index >= 15 is 0 Å². The topological polar surface area (TPSA) is 61.4 Å². The van der Waals surface area contributed by atoms with E-state index in [2.05, 4.69) is 10.6 Å². The largest absolute Gasteiger partial charge is 0.396 e. The van der Waals surface area contributed by atoms with Crippen molar-refractivity contribution in [3.05, 3.63) is 65.7 Å². The van der Waals surface area contributed by atoms with Crippen LogP contribution in [0.1, 0.15) is 24.3 Å². The van der Waals surface area contributed by atoms with E-state index in [1.807, 2.05) is 30.3 Å². The van der Waals surface area contributed by atoms with Crippen LogP contribution in [0.3, 0.4) is 0 Å². The first-order chi connectivity index (χ1) is 11.6. The summed E-state index contributed by atoms with van der Waals surface area (Å²) in [7, 11) is 0. The summed E-state index contributed by atoms with van der Waals surface area (Å²) in [5.41, 5.74) is 0.610. The van der Waals surface area contributed by atoms with Gasteiger partial charge in [-0.25, -0.2) is 13.6 Å². The summed E-state index contributed by atoms with van der Waals surface area (Å²) >= 11 is 0. The van der Waals surface area contributed by atoms with E-state index in [1.54, 1.807) is 0 Å². The lowest BCUT2D eigenvalue weighted by molar-refractivity contribution is 0.250. The van der Waals surface area contributed by atoms with Crippen molar-refractivity contribution in [3.8, 4) is 0 Å². The maximum absolute atomic E-state index is 13.5. The molecule has 2 rings (SSSR count). The highest BCUT2D eigenvalue weighted by molar-refractivity contribution is 5.89. The quantitative estimate of drug-likeness (QED) is 0.724. The molecule has 0 aliphatic carbocycles. The van der Waals surface area contributed by atoms with Crippen LogP contribution in [0.25, 0.3) is 0 Å². The minimum atomic E-state index is -0.826. The lowest BCUT2D eigenvalue weighted by Crippen LogP contribution is -2.31. The Labute approximate surface area is 139 Å². The van der Waals surface area contributed by atoms with Crippen molar-refractivity contribution in [1.82, 2.24) is 5.32 Å². The Hall–Kier alpha value is -2.47. The summed E-state index contributed by atoms with van der Waals surface area (Å²) in [6.45, 7) is 0.369. The second kappa shape index (κ2) is 8.98. The first-order valence-corrected chi connectivity index (χ1v) is 7.76. The molecule has 24 heavy (non-hydrogen) atoms. The number of hydrogen-bond acceptors (Lipinski definition) is 2. The van der Waals surface area contributed by atoms with Gasteiger partial charge in [-0.1, -0.05) is 36.4 Å². The van der Waals surface area contributed by atoms with Gasteiger partial charge in [-0.15, -0.1) is 0 Å². The van der Waals surface area contributed by atoms with Gasteiger partial charge < -0.3 is 15.7 Å². The molecule has 0 bridgehead atoms. The summed E-state index contributed by atoms with van der Waals surface area (Å²) in [5.74, 6) is -1.55. The summed E-state index contributed by atoms with van der Waals surface area (Å²) in [6, 6.07) is 12.4. The fraction of sp³-hybridized carbons (Fsp3) is 0.278. The SMILES string of the molecule is O=C(NCCC(CCO)c1ccccc1)Nc1c(F)cccc1F. The summed E-state index contributed by atoms with van der Waals surface area (Å²) < 4.78 is 26.9. The van der Waals surface area contributed by atoms with Gasteiger partial charge in [0.15, 0.2) is 0 Å². The van der Waals surface area contributed by atoms with Crippen molar-refractivity contribution in [2.45, 2.75) is 18.8 Å². The zero-order chi connectivity index (χ0) is 17.4. The van der Waals surface area contributed by atoms with Crippen molar-refractivity contribution < 1.29 is 18.7 Å². The average Bonchev–Trinajstić information content (AvgIpc) is 2.58. The number of anilines is 1. The molecule has 0 heterocycles. The number of hydrogen-bond donors (Lipinski definition) is 3. The molecule has 0 aliphatic heterocycles. The minimum absolute atomic E-state index is 0.0478. The lowest BCUT2D eigenvalue weighted by Gasteiger charge is -2.17. The molecule has 0 aliphatic rings. The van der Waals surface area contributed by atoms with Crippen LogP contribution in [-0.2, 0) is 0 Å². The van der Waals surface area contributed by atoms with Crippen molar-refractivity contribution in [2.24, 2.45) is 0 Å². The predicted octanol–water partition coefficient (Wildman–Crippen LogP) is 3.64. The van der Waals surface area contributed by atoms with Gasteiger partial charge in [0.05, 0.1) is 0 Å². The van der Waals surface area contributed by atoms with Gasteiger partial charge in [0.25, 0.3) is 0 Å². The number of urea groups is 1. The second-order valence-electron chi connectivity index (χ2n) is 5.39. The third kappa shape index (κ3) is 5.03. The van der Waals surface area contributed by atoms with Gasteiger partial charge in [-0.3, -0.25) is 0 Å². The average molecular weight is 334 g/mol. The summed E-state index contributed by atoms with van der Waals surface area (Å²) in [6.07, 6.45) is 1.19. The molecule has 3 N–H and O–H groups in total. The molecule has 1 atom stereocenters. The molecule has 1 unspecified atom stereocenters. The van der Waals surface area contributed by atoms with Crippen LogP contribution in [0.5, 0.6) is 0 Å². The Morgan fingerprint density at radius 1 is 1.00 bits per heavy atom. The van der Waals surface area contributed by atoms with E-state index in [9.17, 15) is 18.7 Å². The Kier molecular flexibility index (Phi) is 6.69. The summed E-state index contributed by atoms with van der Waals surface area (Å²) in [5, 5.41) is 13.9. The number of rotatable bonds is 7. The monoisotopic (exact) mass is 334 g/mol. The second-order valence-corrected chi connectivity index (χ2v) is 5.39. The first-order valence-electron chi connectivity index (χ1n) is 7.76. The number of benzene rings is 2. The van der Waals surface area contributed by atoms with Gasteiger partial charge in [0, 0.05) is 13.2 Å². The van der Waals surface area contributed by atoms with Gasteiger partial charge in [0.2, 0.25) is 0 Å². The van der Waals surface area contributed by atoms with Crippen LogP contribution in [0, 0.1) is 11.6 Å². The van der Waals surface area contributed by atoms with Crippen LogP contribution < -0.4 is 10.6 Å². The zero-order valence-corrected chi connectivity index (χ0v) is 13.1. The number of carbonyl (C=O) groups is 1. The smallest absolute Gasteiger partial charge is 0.319 e. The number of para-hydroxylation sites is 1. The normalized spacial score (nSPS) is 11.8. The van der Waals surface area contributed by atoms with E-state index in [4.69, 9.17) is 0 Å². The molecule has 0 fully saturated rings. The number of carbonyl (C=O) groups excluding carboxylic acids is 1. The van der Waals surface area contributed by atoms with Gasteiger partial charge in [0.1, 0.15) is 17.3 Å². The fourth-order valence-electron chi connectivity index (χ4n) is 2.49. The first kappa shape index (κ1) is 17.9. The van der Waals surface area contributed by atoms with Gasteiger partial charge in [-0.05, 0) is 36.5 Å². The van der Waals surface area contributed by atoms with Gasteiger partial charge >= 0.3 is 6.03 Å². The molecule has 128 valence electrons. The molecular weight excluding hydrogens is 314 g/mol. The van der Waals surface area contributed by atoms with Crippen molar-refractivity contribution >= 4 is 11.7 Å². The fourth-order valence-corrected chi connectivity index (χ4v) is 2.49. The third-order valence-electron chi connectivity index (χ3n) is 3.73. The molecule has 2 aromatic carbocycles. The van der Waals surface area contributed by atoms with Crippen molar-refractivity contribution in [3.63, 3.8) is 0 Å². The molecule has 0 aromatic heterocycles. The van der Waals surface area contributed by atoms with E-state index in [1.165, 1.54) is 6.07 Å².